The van der Waals surface area contributed by atoms with Gasteiger partial charge in [-0.2, -0.15) is 5.10 Å². The minimum Gasteiger partial charge on any atom is -0.507 e. The van der Waals surface area contributed by atoms with Crippen molar-refractivity contribution in [1.82, 2.24) is 5.43 Å². The summed E-state index contributed by atoms with van der Waals surface area (Å²) in [5, 5.41) is 13.7. The van der Waals surface area contributed by atoms with Crippen LogP contribution in [0.2, 0.25) is 5.02 Å². The van der Waals surface area contributed by atoms with Crippen molar-refractivity contribution in [3.8, 4) is 5.75 Å². The molecule has 0 spiro atoms. The average molecular weight is 444 g/mol. The number of amides is 1. The number of carbonyl (C=O) groups is 1. The van der Waals surface area contributed by atoms with Crippen LogP contribution in [0.25, 0.3) is 0 Å². The fraction of sp³-hybridized carbons (Fsp3) is 0.0476. The quantitative estimate of drug-likeness (QED) is 0.432. The molecule has 0 aliphatic carbocycles. The summed E-state index contributed by atoms with van der Waals surface area (Å²) in [7, 11) is -4.06. The number of carbonyl (C=O) groups excluding carboxylic acids is 1. The van der Waals surface area contributed by atoms with E-state index in [1.807, 2.05) is 0 Å². The minimum atomic E-state index is -4.06. The number of halogens is 1. The van der Waals surface area contributed by atoms with Gasteiger partial charge in [-0.25, -0.2) is 13.8 Å². The largest absolute Gasteiger partial charge is 0.507 e. The second kappa shape index (κ2) is 9.43. The van der Waals surface area contributed by atoms with E-state index >= 15 is 0 Å². The van der Waals surface area contributed by atoms with Crippen molar-refractivity contribution in [3.05, 3.63) is 89.4 Å². The van der Waals surface area contributed by atoms with Gasteiger partial charge in [-0.05, 0) is 36.4 Å². The first-order valence-corrected chi connectivity index (χ1v) is 10.6. The lowest BCUT2D eigenvalue weighted by molar-refractivity contribution is -0.119. The molecule has 0 radical (unpaired) electrons. The molecule has 0 atom stereocenters. The molecule has 1 amide bonds. The fourth-order valence-electron chi connectivity index (χ4n) is 2.61. The zero-order chi connectivity index (χ0) is 21.6. The Hall–Kier alpha value is -3.36. The van der Waals surface area contributed by atoms with Crippen LogP contribution in [0.4, 0.5) is 5.69 Å². The Labute approximate surface area is 179 Å². The number of benzene rings is 3. The number of para-hydroxylation sites is 2. The third kappa shape index (κ3) is 4.97. The number of phenols is 1. The van der Waals surface area contributed by atoms with Gasteiger partial charge in [0.25, 0.3) is 15.9 Å². The van der Waals surface area contributed by atoms with Gasteiger partial charge < -0.3 is 5.11 Å². The molecule has 3 aromatic rings. The summed E-state index contributed by atoms with van der Waals surface area (Å²) in [5.74, 6) is -0.680. The van der Waals surface area contributed by atoms with Crippen LogP contribution in [0.5, 0.6) is 5.75 Å². The Kier molecular flexibility index (Phi) is 6.71. The molecule has 30 heavy (non-hydrogen) atoms. The van der Waals surface area contributed by atoms with E-state index in [1.165, 1.54) is 30.5 Å². The Bertz CT molecular complexity index is 1170. The van der Waals surface area contributed by atoms with E-state index in [4.69, 9.17) is 11.6 Å². The number of anilines is 1. The summed E-state index contributed by atoms with van der Waals surface area (Å²) in [6, 6.07) is 20.5. The van der Waals surface area contributed by atoms with Gasteiger partial charge in [0.2, 0.25) is 0 Å². The normalized spacial score (nSPS) is 11.4. The predicted octanol–water partition coefficient (Wildman–Crippen LogP) is 3.39. The molecule has 2 N–H and O–H groups in total. The molecule has 154 valence electrons. The van der Waals surface area contributed by atoms with E-state index in [9.17, 15) is 18.3 Å². The topological polar surface area (TPSA) is 99.1 Å². The molecular weight excluding hydrogens is 426 g/mol. The molecular formula is C21H18ClN3O4S. The maximum absolute atomic E-state index is 13.2. The maximum Gasteiger partial charge on any atom is 0.264 e. The monoisotopic (exact) mass is 443 g/mol. The molecule has 3 aromatic carbocycles. The van der Waals surface area contributed by atoms with Crippen molar-refractivity contribution < 1.29 is 18.3 Å². The highest BCUT2D eigenvalue weighted by molar-refractivity contribution is 7.92. The first kappa shape index (κ1) is 21.4. The number of nitrogens with zero attached hydrogens (tertiary/aromatic N) is 2. The lowest BCUT2D eigenvalue weighted by Crippen LogP contribution is -2.39. The molecule has 0 bridgehead atoms. The van der Waals surface area contributed by atoms with Crippen molar-refractivity contribution in [2.75, 3.05) is 10.8 Å². The van der Waals surface area contributed by atoms with Crippen molar-refractivity contribution in [3.63, 3.8) is 0 Å². The third-order valence-electron chi connectivity index (χ3n) is 4.07. The van der Waals surface area contributed by atoms with Gasteiger partial charge in [0, 0.05) is 5.56 Å². The van der Waals surface area contributed by atoms with Gasteiger partial charge >= 0.3 is 0 Å². The zero-order valence-corrected chi connectivity index (χ0v) is 17.2. The molecule has 3 rings (SSSR count). The van der Waals surface area contributed by atoms with Crippen molar-refractivity contribution in [2.45, 2.75) is 4.90 Å². The van der Waals surface area contributed by atoms with Gasteiger partial charge in [-0.15, -0.1) is 0 Å². The summed E-state index contributed by atoms with van der Waals surface area (Å²) >= 11 is 6.20. The highest BCUT2D eigenvalue weighted by atomic mass is 35.5. The summed E-state index contributed by atoms with van der Waals surface area (Å²) in [5.41, 5.74) is 2.84. The minimum absolute atomic E-state index is 0.000140. The van der Waals surface area contributed by atoms with Crippen LogP contribution in [0.3, 0.4) is 0 Å². The molecule has 0 unspecified atom stereocenters. The highest BCUT2D eigenvalue weighted by Gasteiger charge is 2.28. The summed E-state index contributed by atoms with van der Waals surface area (Å²) < 4.78 is 27.3. The van der Waals surface area contributed by atoms with E-state index in [0.717, 1.165) is 4.31 Å². The molecule has 9 heteroatoms. The first-order valence-electron chi connectivity index (χ1n) is 8.82. The van der Waals surface area contributed by atoms with E-state index < -0.39 is 22.5 Å². The molecule has 0 saturated carbocycles. The Morgan fingerprint density at radius 3 is 2.33 bits per heavy atom. The van der Waals surface area contributed by atoms with Gasteiger partial charge in [-0.3, -0.25) is 9.10 Å². The van der Waals surface area contributed by atoms with Crippen molar-refractivity contribution in [2.24, 2.45) is 5.10 Å². The number of hydrogen-bond acceptors (Lipinski definition) is 5. The van der Waals surface area contributed by atoms with Gasteiger partial charge in [-0.1, -0.05) is 54.1 Å². The molecule has 0 aliphatic heterocycles. The highest BCUT2D eigenvalue weighted by Crippen LogP contribution is 2.30. The standard InChI is InChI=1S/C21H18ClN3O4S/c22-18-11-5-6-12-19(18)25(30(28,29)17-9-2-1-3-10-17)15-21(27)24-23-14-16-8-4-7-13-20(16)26/h1-14,26H,15H2,(H,24,27)/b23-14-. The molecule has 0 aromatic heterocycles. The van der Waals surface area contributed by atoms with Gasteiger partial charge in [0.1, 0.15) is 12.3 Å². The zero-order valence-electron chi connectivity index (χ0n) is 15.6. The molecule has 0 aliphatic rings. The Morgan fingerprint density at radius 1 is 1.00 bits per heavy atom. The molecule has 0 fully saturated rings. The number of sulfonamides is 1. The summed E-state index contributed by atoms with van der Waals surface area (Å²) in [6.45, 7) is -0.543. The number of hydrogen-bond donors (Lipinski definition) is 2. The van der Waals surface area contributed by atoms with E-state index in [0.29, 0.717) is 5.56 Å². The Balaban J connectivity index is 1.85. The smallest absolute Gasteiger partial charge is 0.264 e. The molecule has 0 saturated heterocycles. The van der Waals surface area contributed by atoms with Crippen molar-refractivity contribution >= 4 is 39.4 Å². The van der Waals surface area contributed by atoms with Crippen LogP contribution in [0, 0.1) is 0 Å². The van der Waals surface area contributed by atoms with Crippen LogP contribution in [-0.2, 0) is 14.8 Å². The van der Waals surface area contributed by atoms with Crippen LogP contribution in [0.15, 0.2) is 88.9 Å². The summed E-state index contributed by atoms with van der Waals surface area (Å²) in [4.78, 5) is 12.5. The second-order valence-corrected chi connectivity index (χ2v) is 8.40. The van der Waals surface area contributed by atoms with E-state index in [1.54, 1.807) is 54.6 Å². The number of aromatic hydroxyl groups is 1. The van der Waals surface area contributed by atoms with E-state index in [2.05, 4.69) is 10.5 Å². The molecule has 0 heterocycles. The lowest BCUT2D eigenvalue weighted by atomic mass is 10.2. The van der Waals surface area contributed by atoms with Crippen molar-refractivity contribution in [1.29, 1.82) is 0 Å². The van der Waals surface area contributed by atoms with Crippen LogP contribution in [-0.4, -0.2) is 32.2 Å². The van der Waals surface area contributed by atoms with Gasteiger partial charge in [0.05, 0.1) is 21.8 Å². The van der Waals surface area contributed by atoms with Crippen LogP contribution < -0.4 is 9.73 Å². The number of phenolic OH excluding ortho intramolecular Hbond substituents is 1. The lowest BCUT2D eigenvalue weighted by Gasteiger charge is -2.24. The second-order valence-electron chi connectivity index (χ2n) is 6.13. The SMILES string of the molecule is O=C(CN(c1ccccc1Cl)S(=O)(=O)c1ccccc1)N/N=C\c1ccccc1O. The van der Waals surface area contributed by atoms with Crippen LogP contribution >= 0.6 is 11.6 Å². The predicted molar refractivity (Wildman–Crippen MR) is 116 cm³/mol. The fourth-order valence-corrected chi connectivity index (χ4v) is 4.36. The van der Waals surface area contributed by atoms with Crippen LogP contribution in [0.1, 0.15) is 5.56 Å². The Morgan fingerprint density at radius 2 is 1.63 bits per heavy atom. The maximum atomic E-state index is 13.2. The first-order chi connectivity index (χ1) is 14.4. The summed E-state index contributed by atoms with van der Waals surface area (Å²) in [6.07, 6.45) is 1.26. The number of rotatable bonds is 7. The van der Waals surface area contributed by atoms with Gasteiger partial charge in [0.15, 0.2) is 0 Å². The number of nitrogens with one attached hydrogen (secondary N) is 1. The molecule has 7 nitrogen and oxygen atoms in total. The number of hydrazone groups is 1. The third-order valence-corrected chi connectivity index (χ3v) is 6.16. The van der Waals surface area contributed by atoms with E-state index in [-0.39, 0.29) is 21.4 Å². The average Bonchev–Trinajstić information content (AvgIpc) is 2.74.